The van der Waals surface area contributed by atoms with Crippen molar-refractivity contribution >= 4 is 11.3 Å². The Morgan fingerprint density at radius 2 is 1.95 bits per heavy atom. The summed E-state index contributed by atoms with van der Waals surface area (Å²) in [6.07, 6.45) is 0. The molecule has 0 aliphatic carbocycles. The van der Waals surface area contributed by atoms with Crippen molar-refractivity contribution in [2.45, 2.75) is 46.2 Å². The lowest BCUT2D eigenvalue weighted by molar-refractivity contribution is 0.568. The van der Waals surface area contributed by atoms with E-state index >= 15 is 0 Å². The molecule has 0 bridgehead atoms. The Morgan fingerprint density at radius 1 is 1.16 bits per heavy atom. The van der Waals surface area contributed by atoms with Crippen LogP contribution in [0.15, 0.2) is 23.6 Å². The SMILES string of the molecule is Cc1cccc(CNCc2nc(C(C)(C)C)cs2)n1. The van der Waals surface area contributed by atoms with Gasteiger partial charge in [-0.25, -0.2) is 4.98 Å². The van der Waals surface area contributed by atoms with Crippen LogP contribution in [-0.2, 0) is 18.5 Å². The average Bonchev–Trinajstić information content (AvgIpc) is 2.77. The van der Waals surface area contributed by atoms with E-state index in [-0.39, 0.29) is 5.41 Å². The monoisotopic (exact) mass is 275 g/mol. The van der Waals surface area contributed by atoms with Gasteiger partial charge in [-0.3, -0.25) is 4.98 Å². The molecule has 4 heteroatoms. The fraction of sp³-hybridized carbons (Fsp3) is 0.467. The Bertz CT molecular complexity index is 540. The third-order valence-electron chi connectivity index (χ3n) is 2.85. The number of nitrogens with zero attached hydrogens (tertiary/aromatic N) is 2. The van der Waals surface area contributed by atoms with Gasteiger partial charge in [-0.05, 0) is 19.1 Å². The van der Waals surface area contributed by atoms with Crippen molar-refractivity contribution in [3.05, 3.63) is 45.7 Å². The number of thiazole rings is 1. The van der Waals surface area contributed by atoms with Crippen LogP contribution in [0.3, 0.4) is 0 Å². The molecule has 0 fully saturated rings. The summed E-state index contributed by atoms with van der Waals surface area (Å²) in [4.78, 5) is 9.14. The van der Waals surface area contributed by atoms with Crippen LogP contribution in [0.2, 0.25) is 0 Å². The Kier molecular flexibility index (Phi) is 4.32. The molecule has 0 aliphatic heterocycles. The topological polar surface area (TPSA) is 37.8 Å². The molecule has 2 aromatic rings. The Balaban J connectivity index is 1.88. The van der Waals surface area contributed by atoms with E-state index in [2.05, 4.69) is 41.4 Å². The zero-order valence-corrected chi connectivity index (χ0v) is 12.8. The third kappa shape index (κ3) is 4.11. The van der Waals surface area contributed by atoms with Crippen LogP contribution in [0.4, 0.5) is 0 Å². The standard InChI is InChI=1S/C15H21N3S/c1-11-6-5-7-12(17-11)8-16-9-14-18-13(10-19-14)15(2,3)4/h5-7,10,16H,8-9H2,1-4H3. The van der Waals surface area contributed by atoms with E-state index in [1.54, 1.807) is 11.3 Å². The predicted molar refractivity (Wildman–Crippen MR) is 80.3 cm³/mol. The van der Waals surface area contributed by atoms with Crippen LogP contribution in [-0.4, -0.2) is 9.97 Å². The molecular formula is C15H21N3S. The van der Waals surface area contributed by atoms with Crippen molar-refractivity contribution in [2.24, 2.45) is 0 Å². The van der Waals surface area contributed by atoms with Gasteiger partial charge in [0, 0.05) is 29.6 Å². The number of hydrogen-bond donors (Lipinski definition) is 1. The number of aryl methyl sites for hydroxylation is 1. The maximum atomic E-state index is 4.67. The van der Waals surface area contributed by atoms with Gasteiger partial charge in [0.1, 0.15) is 5.01 Å². The molecule has 3 nitrogen and oxygen atoms in total. The fourth-order valence-corrected chi connectivity index (χ4v) is 2.72. The molecule has 2 aromatic heterocycles. The highest BCUT2D eigenvalue weighted by Gasteiger charge is 2.17. The van der Waals surface area contributed by atoms with Gasteiger partial charge in [-0.2, -0.15) is 0 Å². The van der Waals surface area contributed by atoms with Crippen LogP contribution >= 0.6 is 11.3 Å². The molecule has 0 unspecified atom stereocenters. The highest BCUT2D eigenvalue weighted by molar-refractivity contribution is 7.09. The van der Waals surface area contributed by atoms with Crippen molar-refractivity contribution in [3.8, 4) is 0 Å². The van der Waals surface area contributed by atoms with E-state index in [1.165, 1.54) is 5.69 Å². The second kappa shape index (κ2) is 5.80. The minimum atomic E-state index is 0.132. The molecule has 0 saturated carbocycles. The fourth-order valence-electron chi connectivity index (χ4n) is 1.73. The number of aromatic nitrogens is 2. The first kappa shape index (κ1) is 14.2. The van der Waals surface area contributed by atoms with Crippen molar-refractivity contribution < 1.29 is 0 Å². The third-order valence-corrected chi connectivity index (χ3v) is 3.70. The first-order valence-electron chi connectivity index (χ1n) is 6.53. The van der Waals surface area contributed by atoms with Crippen molar-refractivity contribution in [1.29, 1.82) is 0 Å². The second-order valence-electron chi connectivity index (χ2n) is 5.75. The second-order valence-corrected chi connectivity index (χ2v) is 6.69. The van der Waals surface area contributed by atoms with Crippen molar-refractivity contribution in [3.63, 3.8) is 0 Å². The van der Waals surface area contributed by atoms with Crippen LogP contribution in [0, 0.1) is 6.92 Å². The van der Waals surface area contributed by atoms with E-state index < -0.39 is 0 Å². The molecule has 0 radical (unpaired) electrons. The Morgan fingerprint density at radius 3 is 2.58 bits per heavy atom. The molecule has 0 aliphatic rings. The molecule has 0 atom stereocenters. The molecule has 102 valence electrons. The molecule has 0 amide bonds. The summed E-state index contributed by atoms with van der Waals surface area (Å²) in [7, 11) is 0. The van der Waals surface area contributed by atoms with Gasteiger partial charge in [0.25, 0.3) is 0 Å². The summed E-state index contributed by atoms with van der Waals surface area (Å²) in [5.74, 6) is 0. The van der Waals surface area contributed by atoms with Crippen molar-refractivity contribution in [2.75, 3.05) is 0 Å². The van der Waals surface area contributed by atoms with Gasteiger partial charge in [-0.1, -0.05) is 26.8 Å². The van der Waals surface area contributed by atoms with Gasteiger partial charge in [-0.15, -0.1) is 11.3 Å². The van der Waals surface area contributed by atoms with Gasteiger partial charge in [0.15, 0.2) is 0 Å². The summed E-state index contributed by atoms with van der Waals surface area (Å²) in [5, 5.41) is 6.69. The highest BCUT2D eigenvalue weighted by atomic mass is 32.1. The van der Waals surface area contributed by atoms with E-state index in [1.807, 2.05) is 25.1 Å². The summed E-state index contributed by atoms with van der Waals surface area (Å²) in [6, 6.07) is 6.10. The number of rotatable bonds is 4. The average molecular weight is 275 g/mol. The Labute approximate surface area is 119 Å². The lowest BCUT2D eigenvalue weighted by Crippen LogP contribution is -2.15. The van der Waals surface area contributed by atoms with E-state index in [9.17, 15) is 0 Å². The molecular weight excluding hydrogens is 254 g/mol. The Hall–Kier alpha value is -1.26. The zero-order valence-electron chi connectivity index (χ0n) is 12.0. The molecule has 0 saturated heterocycles. The number of pyridine rings is 1. The van der Waals surface area contributed by atoms with Crippen LogP contribution in [0.1, 0.15) is 42.9 Å². The van der Waals surface area contributed by atoms with E-state index in [4.69, 9.17) is 0 Å². The largest absolute Gasteiger partial charge is 0.305 e. The summed E-state index contributed by atoms with van der Waals surface area (Å²) in [6.45, 7) is 10.2. The van der Waals surface area contributed by atoms with E-state index in [0.29, 0.717) is 0 Å². The molecule has 2 heterocycles. The molecule has 0 spiro atoms. The highest BCUT2D eigenvalue weighted by Crippen LogP contribution is 2.23. The quantitative estimate of drug-likeness (QED) is 0.929. The van der Waals surface area contributed by atoms with Crippen LogP contribution in [0.25, 0.3) is 0 Å². The van der Waals surface area contributed by atoms with Gasteiger partial charge in [0.05, 0.1) is 11.4 Å². The summed E-state index contributed by atoms with van der Waals surface area (Å²) in [5.41, 5.74) is 3.44. The molecule has 0 aromatic carbocycles. The van der Waals surface area contributed by atoms with Gasteiger partial charge in [0.2, 0.25) is 0 Å². The minimum Gasteiger partial charge on any atom is -0.305 e. The van der Waals surface area contributed by atoms with Crippen LogP contribution < -0.4 is 5.32 Å². The summed E-state index contributed by atoms with van der Waals surface area (Å²) < 4.78 is 0. The number of hydrogen-bond acceptors (Lipinski definition) is 4. The van der Waals surface area contributed by atoms with Gasteiger partial charge < -0.3 is 5.32 Å². The number of nitrogens with one attached hydrogen (secondary N) is 1. The first-order valence-corrected chi connectivity index (χ1v) is 7.41. The first-order chi connectivity index (χ1) is 8.95. The summed E-state index contributed by atoms with van der Waals surface area (Å²) >= 11 is 1.72. The minimum absolute atomic E-state index is 0.132. The lowest BCUT2D eigenvalue weighted by atomic mass is 9.93. The predicted octanol–water partition coefficient (Wildman–Crippen LogP) is 3.43. The normalized spacial score (nSPS) is 11.8. The maximum absolute atomic E-state index is 4.67. The zero-order chi connectivity index (χ0) is 13.9. The lowest BCUT2D eigenvalue weighted by Gasteiger charge is -2.14. The van der Waals surface area contributed by atoms with Gasteiger partial charge >= 0.3 is 0 Å². The van der Waals surface area contributed by atoms with Crippen LogP contribution in [0.5, 0.6) is 0 Å². The molecule has 2 rings (SSSR count). The molecule has 1 N–H and O–H groups in total. The maximum Gasteiger partial charge on any atom is 0.107 e. The van der Waals surface area contributed by atoms with E-state index in [0.717, 1.165) is 29.5 Å². The smallest absolute Gasteiger partial charge is 0.107 e. The molecule has 19 heavy (non-hydrogen) atoms. The van der Waals surface area contributed by atoms with Crippen molar-refractivity contribution in [1.82, 2.24) is 15.3 Å².